The van der Waals surface area contributed by atoms with Crippen molar-refractivity contribution in [2.75, 3.05) is 5.32 Å². The highest BCUT2D eigenvalue weighted by Gasteiger charge is 2.32. The number of benzene rings is 3. The number of aromatic nitrogens is 4. The lowest BCUT2D eigenvalue weighted by Crippen LogP contribution is -2.17. The molecule has 0 unspecified atom stereocenters. The fourth-order valence-electron chi connectivity index (χ4n) is 3.65. The molecule has 0 aliphatic heterocycles. The third-order valence-electron chi connectivity index (χ3n) is 5.19. The SMILES string of the molecule is Cc1cccc2c(Nc3cc(-c4ccccc4)[nH]n3)nc(-c3ccccc3OC(F)(F)F)nc12. The Morgan fingerprint density at radius 2 is 1.65 bits per heavy atom. The molecule has 0 fully saturated rings. The Labute approximate surface area is 192 Å². The second-order valence-electron chi connectivity index (χ2n) is 7.57. The topological polar surface area (TPSA) is 75.7 Å². The van der Waals surface area contributed by atoms with E-state index in [0.717, 1.165) is 16.8 Å². The van der Waals surface area contributed by atoms with E-state index in [-0.39, 0.29) is 17.1 Å². The number of hydrogen-bond acceptors (Lipinski definition) is 5. The van der Waals surface area contributed by atoms with Gasteiger partial charge in [-0.1, -0.05) is 54.6 Å². The minimum Gasteiger partial charge on any atom is -0.405 e. The van der Waals surface area contributed by atoms with Gasteiger partial charge < -0.3 is 10.1 Å². The molecule has 0 saturated heterocycles. The largest absolute Gasteiger partial charge is 0.573 e. The number of anilines is 2. The van der Waals surface area contributed by atoms with Crippen molar-refractivity contribution < 1.29 is 17.9 Å². The third-order valence-corrected chi connectivity index (χ3v) is 5.19. The second-order valence-corrected chi connectivity index (χ2v) is 7.57. The Balaban J connectivity index is 1.60. The van der Waals surface area contributed by atoms with Crippen LogP contribution in [0.2, 0.25) is 0 Å². The number of nitrogens with one attached hydrogen (secondary N) is 2. The molecule has 0 saturated carbocycles. The monoisotopic (exact) mass is 461 g/mol. The highest BCUT2D eigenvalue weighted by molar-refractivity contribution is 5.94. The third kappa shape index (κ3) is 4.40. The van der Waals surface area contributed by atoms with E-state index in [1.54, 1.807) is 6.07 Å². The molecule has 0 aliphatic carbocycles. The van der Waals surface area contributed by atoms with E-state index in [0.29, 0.717) is 22.5 Å². The summed E-state index contributed by atoms with van der Waals surface area (Å²) >= 11 is 0. The number of ether oxygens (including phenoxy) is 1. The summed E-state index contributed by atoms with van der Waals surface area (Å²) in [5.41, 5.74) is 3.35. The number of nitrogens with zero attached hydrogens (tertiary/aromatic N) is 3. The number of alkyl halides is 3. The number of para-hydroxylation sites is 2. The van der Waals surface area contributed by atoms with Gasteiger partial charge in [0.1, 0.15) is 11.6 Å². The number of aromatic amines is 1. The molecule has 2 N–H and O–H groups in total. The first-order valence-corrected chi connectivity index (χ1v) is 10.4. The summed E-state index contributed by atoms with van der Waals surface area (Å²) in [5.74, 6) is 0.644. The maximum atomic E-state index is 13.0. The summed E-state index contributed by atoms with van der Waals surface area (Å²) in [5, 5.41) is 11.2. The van der Waals surface area contributed by atoms with Gasteiger partial charge in [-0.2, -0.15) is 5.10 Å². The van der Waals surface area contributed by atoms with Crippen molar-refractivity contribution in [1.29, 1.82) is 0 Å². The standard InChI is InChI=1S/C25H18F3N5O/c1-15-8-7-12-18-22(15)30-23(17-11-5-6-13-20(17)34-25(26,27)28)31-24(18)29-21-14-19(32-33-21)16-9-3-2-4-10-16/h2-14H,1H3,(H2,29,30,31,32,33). The maximum Gasteiger partial charge on any atom is 0.573 e. The number of hydrogen-bond donors (Lipinski definition) is 2. The summed E-state index contributed by atoms with van der Waals surface area (Å²) in [6.07, 6.45) is -4.84. The quantitative estimate of drug-likeness (QED) is 0.307. The minimum atomic E-state index is -4.84. The smallest absolute Gasteiger partial charge is 0.405 e. The van der Waals surface area contributed by atoms with E-state index in [2.05, 4.69) is 30.2 Å². The van der Waals surface area contributed by atoms with Gasteiger partial charge >= 0.3 is 6.36 Å². The van der Waals surface area contributed by atoms with Crippen LogP contribution in [0.15, 0.2) is 78.9 Å². The van der Waals surface area contributed by atoms with Crippen molar-refractivity contribution in [3.05, 3.63) is 84.4 Å². The van der Waals surface area contributed by atoms with E-state index < -0.39 is 6.36 Å². The van der Waals surface area contributed by atoms with Crippen molar-refractivity contribution in [2.45, 2.75) is 13.3 Å². The van der Waals surface area contributed by atoms with Crippen molar-refractivity contribution in [3.8, 4) is 28.4 Å². The predicted molar refractivity (Wildman–Crippen MR) is 124 cm³/mol. The van der Waals surface area contributed by atoms with Crippen LogP contribution >= 0.6 is 0 Å². The fourth-order valence-corrected chi connectivity index (χ4v) is 3.65. The highest BCUT2D eigenvalue weighted by Crippen LogP contribution is 2.35. The Kier molecular flexibility index (Phi) is 5.37. The number of halogens is 3. The Hall–Kier alpha value is -4.40. The summed E-state index contributed by atoms with van der Waals surface area (Å²) in [6, 6.07) is 22.9. The van der Waals surface area contributed by atoms with Gasteiger partial charge in [-0.05, 0) is 36.2 Å². The van der Waals surface area contributed by atoms with Crippen LogP contribution in [-0.2, 0) is 0 Å². The van der Waals surface area contributed by atoms with E-state index in [9.17, 15) is 13.2 Å². The van der Waals surface area contributed by atoms with Crippen LogP contribution in [0.4, 0.5) is 24.8 Å². The normalized spacial score (nSPS) is 11.5. The molecule has 34 heavy (non-hydrogen) atoms. The summed E-state index contributed by atoms with van der Waals surface area (Å²) < 4.78 is 43.2. The Bertz CT molecular complexity index is 1460. The number of rotatable bonds is 5. The molecule has 5 rings (SSSR count). The van der Waals surface area contributed by atoms with Crippen molar-refractivity contribution >= 4 is 22.5 Å². The molecular weight excluding hydrogens is 443 g/mol. The van der Waals surface area contributed by atoms with E-state index in [1.807, 2.05) is 61.5 Å². The molecule has 0 spiro atoms. The van der Waals surface area contributed by atoms with Gasteiger partial charge in [0.05, 0.1) is 16.8 Å². The van der Waals surface area contributed by atoms with Gasteiger partial charge in [-0.25, -0.2) is 9.97 Å². The van der Waals surface area contributed by atoms with Crippen molar-refractivity contribution in [3.63, 3.8) is 0 Å². The first-order valence-electron chi connectivity index (χ1n) is 10.4. The molecule has 0 atom stereocenters. The van der Waals surface area contributed by atoms with E-state index in [4.69, 9.17) is 0 Å². The Morgan fingerprint density at radius 3 is 2.44 bits per heavy atom. The molecule has 2 aromatic heterocycles. The molecule has 0 bridgehead atoms. The summed E-state index contributed by atoms with van der Waals surface area (Å²) in [7, 11) is 0. The summed E-state index contributed by atoms with van der Waals surface area (Å²) in [4.78, 5) is 9.12. The first-order chi connectivity index (χ1) is 16.4. The van der Waals surface area contributed by atoms with E-state index >= 15 is 0 Å². The van der Waals surface area contributed by atoms with Gasteiger partial charge in [0, 0.05) is 11.5 Å². The number of fused-ring (bicyclic) bond motifs is 1. The zero-order chi connectivity index (χ0) is 23.7. The van der Waals surface area contributed by atoms with Gasteiger partial charge in [-0.3, -0.25) is 5.10 Å². The maximum absolute atomic E-state index is 13.0. The molecule has 0 radical (unpaired) electrons. The second kappa shape index (κ2) is 8.51. The van der Waals surface area contributed by atoms with Gasteiger partial charge in [0.25, 0.3) is 0 Å². The number of H-pyrrole nitrogens is 1. The minimum absolute atomic E-state index is 0.1000. The predicted octanol–water partition coefficient (Wildman–Crippen LogP) is 6.64. The fraction of sp³-hybridized carbons (Fsp3) is 0.0800. The van der Waals surface area contributed by atoms with E-state index in [1.165, 1.54) is 18.2 Å². The summed E-state index contributed by atoms with van der Waals surface area (Å²) in [6.45, 7) is 1.88. The average Bonchev–Trinajstić information content (AvgIpc) is 3.28. The molecule has 170 valence electrons. The molecular formula is C25H18F3N5O. The van der Waals surface area contributed by atoms with Crippen molar-refractivity contribution in [2.24, 2.45) is 0 Å². The molecule has 0 amide bonds. The van der Waals surface area contributed by atoms with Crippen LogP contribution in [0.3, 0.4) is 0 Å². The molecule has 3 aromatic carbocycles. The van der Waals surface area contributed by atoms with Crippen LogP contribution < -0.4 is 10.1 Å². The lowest BCUT2D eigenvalue weighted by atomic mass is 10.1. The zero-order valence-electron chi connectivity index (χ0n) is 17.9. The molecule has 2 heterocycles. The number of aryl methyl sites for hydroxylation is 1. The molecule has 6 nitrogen and oxygen atoms in total. The highest BCUT2D eigenvalue weighted by atomic mass is 19.4. The lowest BCUT2D eigenvalue weighted by molar-refractivity contribution is -0.274. The van der Waals surface area contributed by atoms with Crippen LogP contribution in [0.1, 0.15) is 5.56 Å². The average molecular weight is 461 g/mol. The zero-order valence-corrected chi connectivity index (χ0v) is 17.9. The Morgan fingerprint density at radius 1 is 0.882 bits per heavy atom. The van der Waals surface area contributed by atoms with Crippen LogP contribution in [0.25, 0.3) is 33.5 Å². The first kappa shape index (κ1) is 21.4. The van der Waals surface area contributed by atoms with Crippen LogP contribution in [-0.4, -0.2) is 26.5 Å². The van der Waals surface area contributed by atoms with Crippen LogP contribution in [0.5, 0.6) is 5.75 Å². The van der Waals surface area contributed by atoms with Gasteiger partial charge in [0.15, 0.2) is 11.6 Å². The van der Waals surface area contributed by atoms with Crippen LogP contribution in [0, 0.1) is 6.92 Å². The molecule has 5 aromatic rings. The molecule has 9 heteroatoms. The van der Waals surface area contributed by atoms with Gasteiger partial charge in [-0.15, -0.1) is 13.2 Å². The lowest BCUT2D eigenvalue weighted by Gasteiger charge is -2.14. The van der Waals surface area contributed by atoms with Gasteiger partial charge in [0.2, 0.25) is 0 Å². The molecule has 0 aliphatic rings. The van der Waals surface area contributed by atoms with Crippen molar-refractivity contribution in [1.82, 2.24) is 20.2 Å².